The van der Waals surface area contributed by atoms with Gasteiger partial charge in [-0.1, -0.05) is 5.16 Å². The van der Waals surface area contributed by atoms with E-state index in [1.165, 1.54) is 0 Å². The van der Waals surface area contributed by atoms with Crippen molar-refractivity contribution in [2.75, 3.05) is 19.8 Å². The highest BCUT2D eigenvalue weighted by atomic mass is 16.4. The number of rotatable bonds is 7. The molecule has 6 heteroatoms. The number of hydrogen-bond acceptors (Lipinski definition) is 5. The van der Waals surface area contributed by atoms with Crippen LogP contribution in [0.15, 0.2) is 5.16 Å². The number of aliphatic hydroxyl groups is 2. The van der Waals surface area contributed by atoms with Crippen molar-refractivity contribution < 1.29 is 15.4 Å². The van der Waals surface area contributed by atoms with E-state index < -0.39 is 0 Å². The molecule has 0 saturated heterocycles. The number of nitrogens with zero attached hydrogens (tertiary/aromatic N) is 1. The van der Waals surface area contributed by atoms with Gasteiger partial charge in [0.15, 0.2) is 0 Å². The van der Waals surface area contributed by atoms with Crippen molar-refractivity contribution in [3.63, 3.8) is 0 Å². The molecule has 0 unspecified atom stereocenters. The van der Waals surface area contributed by atoms with E-state index in [2.05, 4.69) is 10.5 Å². The van der Waals surface area contributed by atoms with Crippen LogP contribution in [0.5, 0.6) is 0 Å². The van der Waals surface area contributed by atoms with Gasteiger partial charge in [0.1, 0.15) is 5.84 Å². The largest absolute Gasteiger partial charge is 0.409 e. The molecule has 0 radical (unpaired) electrons. The number of amidine groups is 1. The van der Waals surface area contributed by atoms with Gasteiger partial charge in [-0.3, -0.25) is 0 Å². The fourth-order valence-electron chi connectivity index (χ4n) is 1.56. The summed E-state index contributed by atoms with van der Waals surface area (Å²) in [6.45, 7) is 0.501. The Balaban J connectivity index is 2.31. The summed E-state index contributed by atoms with van der Waals surface area (Å²) < 4.78 is 0. The zero-order valence-electron chi connectivity index (χ0n) is 8.69. The minimum absolute atomic E-state index is 0.0545. The fraction of sp³-hybridized carbons (Fsp3) is 0.889. The maximum Gasteiger partial charge on any atom is 0.139 e. The summed E-state index contributed by atoms with van der Waals surface area (Å²) in [5, 5.41) is 32.2. The molecule has 15 heavy (non-hydrogen) atoms. The molecule has 1 aliphatic rings. The molecule has 88 valence electrons. The zero-order valence-corrected chi connectivity index (χ0v) is 8.69. The second-order valence-electron chi connectivity index (χ2n) is 4.21. The first-order valence-electron chi connectivity index (χ1n) is 5.07. The first-order valence-corrected chi connectivity index (χ1v) is 5.07. The van der Waals surface area contributed by atoms with E-state index in [0.717, 1.165) is 12.8 Å². The molecule has 0 aromatic carbocycles. The van der Waals surface area contributed by atoms with E-state index >= 15 is 0 Å². The van der Waals surface area contributed by atoms with E-state index in [0.29, 0.717) is 13.0 Å². The van der Waals surface area contributed by atoms with Crippen molar-refractivity contribution in [3.8, 4) is 0 Å². The van der Waals surface area contributed by atoms with Gasteiger partial charge in [-0.2, -0.15) is 0 Å². The number of nitrogens with two attached hydrogens (primary N) is 1. The van der Waals surface area contributed by atoms with Gasteiger partial charge in [-0.25, -0.2) is 0 Å². The summed E-state index contributed by atoms with van der Waals surface area (Å²) in [6.07, 6.45) is 2.61. The minimum Gasteiger partial charge on any atom is -0.409 e. The number of nitrogens with one attached hydrogen (secondary N) is 1. The standard InChI is InChI=1S/C9H19N3O3/c10-8(12-15)3-9(1-2-9)6-11-7(4-13)5-14/h7,11,13-15H,1-6H2,(H2,10,12). The second-order valence-corrected chi connectivity index (χ2v) is 4.21. The number of aliphatic hydroxyl groups excluding tert-OH is 2. The van der Waals surface area contributed by atoms with Gasteiger partial charge in [0, 0.05) is 13.0 Å². The van der Waals surface area contributed by atoms with Crippen LogP contribution in [0, 0.1) is 5.41 Å². The molecule has 1 rings (SSSR count). The summed E-state index contributed by atoms with van der Waals surface area (Å²) in [5.74, 6) is 0.235. The van der Waals surface area contributed by atoms with Crippen molar-refractivity contribution in [2.24, 2.45) is 16.3 Å². The zero-order chi connectivity index (χ0) is 11.3. The van der Waals surface area contributed by atoms with Crippen molar-refractivity contribution in [1.29, 1.82) is 0 Å². The Morgan fingerprint density at radius 2 is 2.00 bits per heavy atom. The molecule has 6 N–H and O–H groups in total. The lowest BCUT2D eigenvalue weighted by Crippen LogP contribution is -2.40. The molecule has 1 fully saturated rings. The molecule has 1 aliphatic carbocycles. The Morgan fingerprint density at radius 1 is 1.40 bits per heavy atom. The van der Waals surface area contributed by atoms with Crippen LogP contribution in [-0.2, 0) is 0 Å². The third-order valence-electron chi connectivity index (χ3n) is 2.85. The first kappa shape index (κ1) is 12.2. The Morgan fingerprint density at radius 3 is 2.40 bits per heavy atom. The van der Waals surface area contributed by atoms with E-state index in [-0.39, 0.29) is 30.5 Å². The summed E-state index contributed by atoms with van der Waals surface area (Å²) in [4.78, 5) is 0. The molecule has 0 heterocycles. The van der Waals surface area contributed by atoms with Gasteiger partial charge in [0.05, 0.1) is 19.3 Å². The molecular formula is C9H19N3O3. The average Bonchev–Trinajstić information content (AvgIpc) is 3.00. The number of oxime groups is 1. The van der Waals surface area contributed by atoms with Crippen LogP contribution in [0.1, 0.15) is 19.3 Å². The van der Waals surface area contributed by atoms with Gasteiger partial charge in [0.2, 0.25) is 0 Å². The smallest absolute Gasteiger partial charge is 0.139 e. The van der Waals surface area contributed by atoms with E-state index in [1.807, 2.05) is 0 Å². The predicted octanol–water partition coefficient (Wildman–Crippen LogP) is -1.15. The lowest BCUT2D eigenvalue weighted by molar-refractivity contribution is 0.166. The summed E-state index contributed by atoms with van der Waals surface area (Å²) in [5.41, 5.74) is 5.50. The van der Waals surface area contributed by atoms with Gasteiger partial charge in [-0.15, -0.1) is 0 Å². The average molecular weight is 217 g/mol. The van der Waals surface area contributed by atoms with E-state index in [1.54, 1.807) is 0 Å². The van der Waals surface area contributed by atoms with Crippen LogP contribution in [0.3, 0.4) is 0 Å². The molecule has 0 aromatic rings. The summed E-state index contributed by atoms with van der Waals surface area (Å²) in [6, 6.07) is -0.283. The van der Waals surface area contributed by atoms with Crippen LogP contribution in [0.25, 0.3) is 0 Å². The van der Waals surface area contributed by atoms with E-state index in [4.69, 9.17) is 21.2 Å². The highest BCUT2D eigenvalue weighted by Gasteiger charge is 2.43. The van der Waals surface area contributed by atoms with Gasteiger partial charge >= 0.3 is 0 Å². The third kappa shape index (κ3) is 3.65. The first-order chi connectivity index (χ1) is 7.15. The maximum atomic E-state index is 8.86. The van der Waals surface area contributed by atoms with Crippen LogP contribution in [0.2, 0.25) is 0 Å². The minimum atomic E-state index is -0.283. The molecule has 0 aromatic heterocycles. The molecule has 1 saturated carbocycles. The second kappa shape index (κ2) is 5.29. The Kier molecular flexibility index (Phi) is 4.31. The van der Waals surface area contributed by atoms with E-state index in [9.17, 15) is 0 Å². The summed E-state index contributed by atoms with van der Waals surface area (Å²) in [7, 11) is 0. The van der Waals surface area contributed by atoms with Crippen molar-refractivity contribution in [3.05, 3.63) is 0 Å². The normalized spacial score (nSPS) is 19.5. The maximum absolute atomic E-state index is 8.86. The SMILES string of the molecule is NC(CC1(CNC(CO)CO)CC1)=NO. The predicted molar refractivity (Wildman–Crippen MR) is 55.7 cm³/mol. The highest BCUT2D eigenvalue weighted by Crippen LogP contribution is 2.48. The van der Waals surface area contributed by atoms with Crippen LogP contribution < -0.4 is 11.1 Å². The molecular weight excluding hydrogens is 198 g/mol. The fourth-order valence-corrected chi connectivity index (χ4v) is 1.56. The molecule has 0 amide bonds. The topological polar surface area (TPSA) is 111 Å². The number of hydrogen-bond donors (Lipinski definition) is 5. The summed E-state index contributed by atoms with van der Waals surface area (Å²) >= 11 is 0. The van der Waals surface area contributed by atoms with Crippen LogP contribution in [0.4, 0.5) is 0 Å². The van der Waals surface area contributed by atoms with Crippen LogP contribution in [-0.4, -0.2) is 47.1 Å². The quantitative estimate of drug-likeness (QED) is 0.160. The molecule has 0 bridgehead atoms. The molecule has 6 nitrogen and oxygen atoms in total. The molecule has 0 atom stereocenters. The Hall–Kier alpha value is -0.850. The van der Waals surface area contributed by atoms with Crippen molar-refractivity contribution in [2.45, 2.75) is 25.3 Å². The monoisotopic (exact) mass is 217 g/mol. The third-order valence-corrected chi connectivity index (χ3v) is 2.85. The highest BCUT2D eigenvalue weighted by molar-refractivity contribution is 5.80. The lowest BCUT2D eigenvalue weighted by atomic mass is 10.0. The van der Waals surface area contributed by atoms with Crippen molar-refractivity contribution in [1.82, 2.24) is 5.32 Å². The van der Waals surface area contributed by atoms with Gasteiger partial charge < -0.3 is 26.5 Å². The molecule has 0 aliphatic heterocycles. The van der Waals surface area contributed by atoms with Gasteiger partial charge in [0.25, 0.3) is 0 Å². The Bertz CT molecular complexity index is 225. The van der Waals surface area contributed by atoms with Gasteiger partial charge in [-0.05, 0) is 18.3 Å². The Labute approximate surface area is 88.8 Å². The van der Waals surface area contributed by atoms with Crippen LogP contribution >= 0.6 is 0 Å². The lowest BCUT2D eigenvalue weighted by Gasteiger charge is -2.19. The molecule has 0 spiro atoms. The van der Waals surface area contributed by atoms with Crippen molar-refractivity contribution >= 4 is 5.84 Å².